The molecule has 0 spiro atoms. The van der Waals surface area contributed by atoms with Crippen molar-refractivity contribution in [3.8, 4) is 0 Å². The molecule has 0 aliphatic heterocycles. The molecule has 0 radical (unpaired) electrons. The predicted molar refractivity (Wildman–Crippen MR) is 147 cm³/mol. The Bertz CT molecular complexity index is 1210. The molecule has 0 unspecified atom stereocenters. The van der Waals surface area contributed by atoms with E-state index in [1.54, 1.807) is 12.1 Å². The van der Waals surface area contributed by atoms with Crippen LogP contribution in [0.5, 0.6) is 0 Å². The molecule has 0 saturated heterocycles. The van der Waals surface area contributed by atoms with Crippen LogP contribution < -0.4 is 10.6 Å². The summed E-state index contributed by atoms with van der Waals surface area (Å²) in [6.45, 7) is 4.36. The molecule has 3 N–H and O–H groups in total. The second-order valence-corrected chi connectivity index (χ2v) is 8.40. The van der Waals surface area contributed by atoms with Gasteiger partial charge in [0.05, 0.1) is 5.56 Å². The van der Waals surface area contributed by atoms with Gasteiger partial charge in [-0.15, -0.1) is 4.91 Å². The Labute approximate surface area is 220 Å². The molecular formula is C29H31F3N4O2. The fourth-order valence-electron chi connectivity index (χ4n) is 3.33. The molecule has 38 heavy (non-hydrogen) atoms. The summed E-state index contributed by atoms with van der Waals surface area (Å²) in [6, 6.07) is 20.8. The zero-order valence-electron chi connectivity index (χ0n) is 21.3. The molecule has 0 fully saturated rings. The van der Waals surface area contributed by atoms with Crippen molar-refractivity contribution in [1.29, 1.82) is 5.41 Å². The van der Waals surface area contributed by atoms with Gasteiger partial charge in [-0.1, -0.05) is 55.0 Å². The number of carbonyl (C=O) groups is 1. The third-order valence-electron chi connectivity index (χ3n) is 5.39. The average molecular weight is 525 g/mol. The van der Waals surface area contributed by atoms with Crippen molar-refractivity contribution in [3.63, 3.8) is 0 Å². The van der Waals surface area contributed by atoms with Gasteiger partial charge in [0.25, 0.3) is 0 Å². The molecule has 2 amide bonds. The molecule has 200 valence electrons. The van der Waals surface area contributed by atoms with Crippen molar-refractivity contribution >= 4 is 28.7 Å². The zero-order valence-corrected chi connectivity index (χ0v) is 21.3. The number of nitroso groups, excluding NO2 is 1. The first kappa shape index (κ1) is 30.0. The van der Waals surface area contributed by atoms with Gasteiger partial charge in [0.15, 0.2) is 0 Å². The van der Waals surface area contributed by atoms with E-state index in [4.69, 9.17) is 5.41 Å². The number of anilines is 1. The van der Waals surface area contributed by atoms with Gasteiger partial charge in [0.2, 0.25) is 0 Å². The van der Waals surface area contributed by atoms with E-state index >= 15 is 0 Å². The Balaban J connectivity index is 0.000000474. The Morgan fingerprint density at radius 1 is 0.974 bits per heavy atom. The van der Waals surface area contributed by atoms with Gasteiger partial charge >= 0.3 is 12.2 Å². The van der Waals surface area contributed by atoms with Crippen LogP contribution in [0.3, 0.4) is 0 Å². The van der Waals surface area contributed by atoms with Crippen LogP contribution in [-0.4, -0.2) is 18.3 Å². The summed E-state index contributed by atoms with van der Waals surface area (Å²) in [5, 5.41) is 16.0. The van der Waals surface area contributed by atoms with E-state index in [2.05, 4.69) is 15.8 Å². The summed E-state index contributed by atoms with van der Waals surface area (Å²) in [5.41, 5.74) is 3.80. The van der Waals surface area contributed by atoms with Crippen LogP contribution >= 0.6 is 0 Å². The molecule has 3 rings (SSSR count). The van der Waals surface area contributed by atoms with Gasteiger partial charge in [0.1, 0.15) is 5.69 Å². The highest BCUT2D eigenvalue weighted by atomic mass is 19.4. The van der Waals surface area contributed by atoms with E-state index in [0.717, 1.165) is 35.3 Å². The van der Waals surface area contributed by atoms with E-state index in [9.17, 15) is 22.9 Å². The molecule has 0 saturated carbocycles. The molecule has 0 heterocycles. The molecule has 0 bridgehead atoms. The Morgan fingerprint density at radius 2 is 1.61 bits per heavy atom. The number of aryl methyl sites for hydroxylation is 1. The molecule has 3 aromatic rings. The molecule has 9 heteroatoms. The average Bonchev–Trinajstić information content (AvgIpc) is 2.91. The van der Waals surface area contributed by atoms with Gasteiger partial charge in [-0.25, -0.2) is 4.79 Å². The van der Waals surface area contributed by atoms with Gasteiger partial charge in [0, 0.05) is 17.9 Å². The number of urea groups is 1. The van der Waals surface area contributed by atoms with E-state index < -0.39 is 17.8 Å². The lowest BCUT2D eigenvalue weighted by Crippen LogP contribution is -2.29. The lowest BCUT2D eigenvalue weighted by molar-refractivity contribution is -0.137. The van der Waals surface area contributed by atoms with Gasteiger partial charge in [-0.05, 0) is 85.0 Å². The topological polar surface area (TPSA) is 94.4 Å². The summed E-state index contributed by atoms with van der Waals surface area (Å²) < 4.78 is 37.6. The minimum Gasteiger partial charge on any atom is -0.338 e. The standard InChI is InChI=1S/C22H24F3N3O.C7H7NO/c1-2-16(17-7-4-3-5-8-17)15-19(26)9-6-14-27-21(29)28-20-12-10-18(11-13-20)22(23,24)25;1-6-2-4-7(8-9)5-3-6/h3-5,7-8,10-13,15,26H,2,6,9,14H2,1H3,(H2,27,28,29);2-5H,1H3/b16-15+,26-19?;. The molecule has 0 aromatic heterocycles. The maximum absolute atomic E-state index is 12.5. The first-order chi connectivity index (χ1) is 18.1. The first-order valence-electron chi connectivity index (χ1n) is 12.1. The third-order valence-corrected chi connectivity index (χ3v) is 5.39. The summed E-state index contributed by atoms with van der Waals surface area (Å²) in [6.07, 6.45) is -0.631. The summed E-state index contributed by atoms with van der Waals surface area (Å²) in [5.74, 6) is 0. The summed E-state index contributed by atoms with van der Waals surface area (Å²) in [4.78, 5) is 21.7. The number of allylic oxidation sites excluding steroid dienone is 2. The second kappa shape index (κ2) is 15.1. The van der Waals surface area contributed by atoms with Crippen LogP contribution in [0.2, 0.25) is 0 Å². The normalized spacial score (nSPS) is 11.1. The number of hydrogen-bond acceptors (Lipinski definition) is 4. The molecule has 0 aliphatic carbocycles. The Kier molecular flexibility index (Phi) is 11.9. The largest absolute Gasteiger partial charge is 0.416 e. The summed E-state index contributed by atoms with van der Waals surface area (Å²) >= 11 is 0. The number of carbonyl (C=O) groups excluding carboxylic acids is 1. The molecule has 0 aliphatic rings. The van der Waals surface area contributed by atoms with Gasteiger partial charge < -0.3 is 16.0 Å². The van der Waals surface area contributed by atoms with E-state index in [-0.39, 0.29) is 5.69 Å². The third kappa shape index (κ3) is 10.8. The Morgan fingerprint density at radius 3 is 2.16 bits per heavy atom. The minimum atomic E-state index is -4.40. The van der Waals surface area contributed by atoms with Gasteiger partial charge in [-0.2, -0.15) is 13.2 Å². The van der Waals surface area contributed by atoms with Crippen molar-refractivity contribution in [2.75, 3.05) is 11.9 Å². The highest BCUT2D eigenvalue weighted by Crippen LogP contribution is 2.29. The van der Waals surface area contributed by atoms with Crippen LogP contribution in [0.15, 0.2) is 90.1 Å². The molecular weight excluding hydrogens is 493 g/mol. The second-order valence-electron chi connectivity index (χ2n) is 8.40. The molecule has 6 nitrogen and oxygen atoms in total. The number of hydrogen-bond donors (Lipinski definition) is 3. The van der Waals surface area contributed by atoms with E-state index in [0.29, 0.717) is 30.8 Å². The van der Waals surface area contributed by atoms with Crippen molar-refractivity contribution in [2.45, 2.75) is 39.3 Å². The summed E-state index contributed by atoms with van der Waals surface area (Å²) in [7, 11) is 0. The van der Waals surface area contributed by atoms with Crippen LogP contribution in [0.4, 0.5) is 29.3 Å². The number of benzene rings is 3. The maximum Gasteiger partial charge on any atom is 0.416 e. The molecule has 3 aromatic carbocycles. The zero-order chi connectivity index (χ0) is 28.0. The van der Waals surface area contributed by atoms with Crippen LogP contribution in [0, 0.1) is 17.2 Å². The van der Waals surface area contributed by atoms with Crippen LogP contribution in [0.25, 0.3) is 5.57 Å². The van der Waals surface area contributed by atoms with E-state index in [1.165, 1.54) is 12.1 Å². The lowest BCUT2D eigenvalue weighted by atomic mass is 10.0. The number of rotatable bonds is 9. The minimum absolute atomic E-state index is 0.279. The molecule has 0 atom stereocenters. The van der Waals surface area contributed by atoms with Gasteiger partial charge in [-0.3, -0.25) is 0 Å². The highest BCUT2D eigenvalue weighted by molar-refractivity contribution is 5.98. The first-order valence-corrected chi connectivity index (χ1v) is 12.1. The number of nitrogens with one attached hydrogen (secondary N) is 3. The monoisotopic (exact) mass is 524 g/mol. The number of nitrogens with zero attached hydrogens (tertiary/aromatic N) is 1. The number of amides is 2. The van der Waals surface area contributed by atoms with Crippen LogP contribution in [0.1, 0.15) is 42.9 Å². The smallest absolute Gasteiger partial charge is 0.338 e. The number of halogens is 3. The van der Waals surface area contributed by atoms with Crippen molar-refractivity contribution in [2.24, 2.45) is 5.18 Å². The van der Waals surface area contributed by atoms with Crippen molar-refractivity contribution in [1.82, 2.24) is 5.32 Å². The van der Waals surface area contributed by atoms with E-state index in [1.807, 2.05) is 62.4 Å². The lowest BCUT2D eigenvalue weighted by Gasteiger charge is -2.10. The maximum atomic E-state index is 12.5. The highest BCUT2D eigenvalue weighted by Gasteiger charge is 2.29. The quantitative estimate of drug-likeness (QED) is 0.149. The Hall–Kier alpha value is -4.27. The fourth-order valence-corrected chi connectivity index (χ4v) is 3.33. The van der Waals surface area contributed by atoms with Crippen molar-refractivity contribution < 1.29 is 18.0 Å². The SMILES string of the molecule is CC/C(=C\C(=N)CCCNC(=O)Nc1ccc(C(F)(F)F)cc1)c1ccccc1.Cc1ccc(N=O)cc1. The predicted octanol–water partition coefficient (Wildman–Crippen LogP) is 8.51. The van der Waals surface area contributed by atoms with Crippen molar-refractivity contribution in [3.05, 3.63) is 107 Å². The number of alkyl halides is 3. The fraction of sp³-hybridized carbons (Fsp3) is 0.241. The van der Waals surface area contributed by atoms with Crippen LogP contribution in [-0.2, 0) is 6.18 Å².